The van der Waals surface area contributed by atoms with Crippen molar-refractivity contribution in [3.63, 3.8) is 0 Å². The molecule has 0 aliphatic carbocycles. The highest BCUT2D eigenvalue weighted by molar-refractivity contribution is 5.70. The van der Waals surface area contributed by atoms with Gasteiger partial charge in [-0.05, 0) is 57.8 Å². The Hall–Kier alpha value is -2.45. The molecular weight excluding hydrogens is 666 g/mol. The quantitative estimate of drug-likeness (QED) is 0.0268. The van der Waals surface area contributed by atoms with Crippen molar-refractivity contribution in [1.82, 2.24) is 0 Å². The molecule has 2 unspecified atom stereocenters. The number of rotatable bonds is 38. The Morgan fingerprint density at radius 3 is 1.55 bits per heavy atom. The van der Waals surface area contributed by atoms with Gasteiger partial charge in [0, 0.05) is 19.3 Å². The molecule has 0 aromatic heterocycles. The van der Waals surface area contributed by atoms with Gasteiger partial charge in [-0.1, -0.05) is 140 Å². The first kappa shape index (κ1) is 50.5. The number of quaternary nitrogens is 1. The van der Waals surface area contributed by atoms with Crippen molar-refractivity contribution in [2.45, 2.75) is 193 Å². The van der Waals surface area contributed by atoms with Crippen molar-refractivity contribution in [1.29, 1.82) is 0 Å². The summed E-state index contributed by atoms with van der Waals surface area (Å²) in [7, 11) is 5.38. The number of allylic oxidation sites excluding steroid dienone is 6. The summed E-state index contributed by atoms with van der Waals surface area (Å²) >= 11 is 0. The maximum Gasteiger partial charge on any atom is 0.306 e. The molecule has 0 saturated heterocycles. The number of carboxylic acid groups (broad SMARTS) is 1. The van der Waals surface area contributed by atoms with Crippen LogP contribution in [0.15, 0.2) is 36.5 Å². The van der Waals surface area contributed by atoms with E-state index in [1.54, 1.807) is 21.1 Å². The zero-order valence-corrected chi connectivity index (χ0v) is 34.9. The van der Waals surface area contributed by atoms with Gasteiger partial charge in [-0.3, -0.25) is 9.59 Å². The van der Waals surface area contributed by atoms with Crippen LogP contribution in [0.25, 0.3) is 0 Å². The van der Waals surface area contributed by atoms with Crippen LogP contribution >= 0.6 is 0 Å². The van der Waals surface area contributed by atoms with E-state index < -0.39 is 18.1 Å². The van der Waals surface area contributed by atoms with Gasteiger partial charge in [-0.15, -0.1) is 0 Å². The fraction of sp³-hybridized carbons (Fsp3) is 0.800. The molecule has 2 atom stereocenters. The number of likely N-dealkylation sites (N-methyl/N-ethyl adjacent to an activating group) is 1. The first-order valence-electron chi connectivity index (χ1n) is 21.5. The smallest absolute Gasteiger partial charge is 0.306 e. The van der Waals surface area contributed by atoms with Crippen LogP contribution in [0.5, 0.6) is 0 Å². The molecule has 0 aromatic rings. The van der Waals surface area contributed by atoms with Crippen LogP contribution in [0.1, 0.15) is 181 Å². The van der Waals surface area contributed by atoms with Crippen LogP contribution in [-0.2, 0) is 28.6 Å². The highest BCUT2D eigenvalue weighted by Gasteiger charge is 2.25. The molecule has 0 aliphatic rings. The largest absolute Gasteiger partial charge is 0.544 e. The number of ether oxygens (including phenoxy) is 3. The predicted octanol–water partition coefficient (Wildman–Crippen LogP) is 10.1. The maximum atomic E-state index is 12.6. The number of hydrogen-bond donors (Lipinski definition) is 0. The first-order valence-corrected chi connectivity index (χ1v) is 21.5. The van der Waals surface area contributed by atoms with E-state index in [9.17, 15) is 19.5 Å². The Balaban J connectivity index is 4.43. The van der Waals surface area contributed by atoms with E-state index >= 15 is 0 Å². The van der Waals surface area contributed by atoms with Crippen LogP contribution < -0.4 is 5.11 Å². The summed E-state index contributed by atoms with van der Waals surface area (Å²) in [6, 6.07) is -0.734. The lowest BCUT2D eigenvalue weighted by Crippen LogP contribution is -2.55. The number of nitrogens with zero attached hydrogens (tertiary/aromatic N) is 1. The summed E-state index contributed by atoms with van der Waals surface area (Å²) in [6.07, 6.45) is 40.4. The van der Waals surface area contributed by atoms with Gasteiger partial charge in [-0.2, -0.15) is 0 Å². The summed E-state index contributed by atoms with van der Waals surface area (Å²) in [5.41, 5.74) is 0. The van der Waals surface area contributed by atoms with Crippen molar-refractivity contribution >= 4 is 17.9 Å². The summed E-state index contributed by atoms with van der Waals surface area (Å²) in [5, 5.41) is 11.6. The van der Waals surface area contributed by atoms with E-state index in [0.717, 1.165) is 44.9 Å². The van der Waals surface area contributed by atoms with Crippen molar-refractivity contribution in [3.05, 3.63) is 36.5 Å². The number of carbonyl (C=O) groups excluding carboxylic acids is 3. The van der Waals surface area contributed by atoms with Crippen molar-refractivity contribution < 1.29 is 38.2 Å². The highest BCUT2D eigenvalue weighted by Crippen LogP contribution is 2.13. The normalized spacial score (nSPS) is 13.3. The Bertz CT molecular complexity index is 968. The van der Waals surface area contributed by atoms with E-state index in [4.69, 9.17) is 14.2 Å². The van der Waals surface area contributed by atoms with Crippen LogP contribution in [0.4, 0.5) is 0 Å². The van der Waals surface area contributed by atoms with E-state index in [1.807, 2.05) is 6.08 Å². The Morgan fingerprint density at radius 1 is 0.566 bits per heavy atom. The number of esters is 2. The summed E-state index contributed by atoms with van der Waals surface area (Å²) in [5.74, 6) is -1.83. The molecule has 0 N–H and O–H groups in total. The second-order valence-electron chi connectivity index (χ2n) is 15.6. The third-order valence-corrected chi connectivity index (χ3v) is 9.51. The molecule has 0 heterocycles. The monoisotopic (exact) mass is 748 g/mol. The molecule has 0 fully saturated rings. The SMILES string of the molecule is CCCCCCCC/C=C/C/C=C/CCC(=O)OC(COCCC(C(=O)[O-])[N+](C)(C)C)COC(=O)CCCCCCC/C=C/CCCCCCCCC. The molecular formula is C45H81NO7. The standard InChI is InChI=1S/C45H81NO7/c1-6-8-10-12-14-16-18-20-21-22-24-25-27-29-31-33-35-43(47)52-40-41(39-51-38-37-42(45(49)50)46(3,4)5)53-44(48)36-34-32-30-28-26-23-19-17-15-13-11-9-7-2/h21-23,26,30,32,41-42H,6-20,24-25,27-29,31,33-40H2,1-5H3/b22-21+,26-23+,32-30+. The lowest BCUT2D eigenvalue weighted by atomic mass is 10.1. The highest BCUT2D eigenvalue weighted by atomic mass is 16.6. The van der Waals surface area contributed by atoms with E-state index in [0.29, 0.717) is 12.8 Å². The predicted molar refractivity (Wildman–Crippen MR) is 217 cm³/mol. The molecule has 0 amide bonds. The van der Waals surface area contributed by atoms with Crippen LogP contribution in [0.2, 0.25) is 0 Å². The van der Waals surface area contributed by atoms with Gasteiger partial charge in [0.05, 0.1) is 40.3 Å². The minimum atomic E-state index is -1.13. The molecule has 0 saturated carbocycles. The fourth-order valence-electron chi connectivity index (χ4n) is 6.12. The summed E-state index contributed by atoms with van der Waals surface area (Å²) in [6.45, 7) is 4.58. The Morgan fingerprint density at radius 2 is 1.04 bits per heavy atom. The number of aliphatic carboxylic acids is 1. The summed E-state index contributed by atoms with van der Waals surface area (Å²) < 4.78 is 17.1. The lowest BCUT2D eigenvalue weighted by molar-refractivity contribution is -0.889. The number of carbonyl (C=O) groups is 3. The van der Waals surface area contributed by atoms with Gasteiger partial charge in [0.2, 0.25) is 0 Å². The average Bonchev–Trinajstić information content (AvgIpc) is 3.11. The molecule has 0 aliphatic heterocycles. The van der Waals surface area contributed by atoms with E-state index in [2.05, 4.69) is 44.2 Å². The van der Waals surface area contributed by atoms with Crippen molar-refractivity contribution in [3.8, 4) is 0 Å². The van der Waals surface area contributed by atoms with Crippen LogP contribution in [0.3, 0.4) is 0 Å². The minimum absolute atomic E-state index is 0.0165. The van der Waals surface area contributed by atoms with Gasteiger partial charge in [-0.25, -0.2) is 0 Å². The molecule has 308 valence electrons. The van der Waals surface area contributed by atoms with E-state index in [1.165, 1.54) is 96.3 Å². The minimum Gasteiger partial charge on any atom is -0.544 e. The van der Waals surface area contributed by atoms with Gasteiger partial charge >= 0.3 is 11.9 Å². The van der Waals surface area contributed by atoms with Gasteiger partial charge in [0.25, 0.3) is 0 Å². The number of hydrogen-bond acceptors (Lipinski definition) is 7. The lowest BCUT2D eigenvalue weighted by Gasteiger charge is -2.34. The van der Waals surface area contributed by atoms with Crippen LogP contribution in [0, 0.1) is 0 Å². The molecule has 8 nitrogen and oxygen atoms in total. The van der Waals surface area contributed by atoms with Crippen molar-refractivity contribution in [2.24, 2.45) is 0 Å². The second-order valence-corrected chi connectivity index (χ2v) is 15.6. The molecule has 0 bridgehead atoms. The molecule has 53 heavy (non-hydrogen) atoms. The Kier molecular flexibility index (Phi) is 34.8. The summed E-state index contributed by atoms with van der Waals surface area (Å²) in [4.78, 5) is 36.7. The van der Waals surface area contributed by atoms with Gasteiger partial charge in [0.1, 0.15) is 12.6 Å². The van der Waals surface area contributed by atoms with Crippen LogP contribution in [-0.4, -0.2) is 75.5 Å². The zero-order chi connectivity index (χ0) is 39.3. The second kappa shape index (κ2) is 36.5. The van der Waals surface area contributed by atoms with Gasteiger partial charge in [0.15, 0.2) is 6.10 Å². The molecule has 0 rings (SSSR count). The molecule has 8 heteroatoms. The average molecular weight is 748 g/mol. The van der Waals surface area contributed by atoms with E-state index in [-0.39, 0.29) is 49.1 Å². The third-order valence-electron chi connectivity index (χ3n) is 9.51. The maximum absolute atomic E-state index is 12.6. The third kappa shape index (κ3) is 35.0. The number of carboxylic acids is 1. The zero-order valence-electron chi connectivity index (χ0n) is 34.9. The number of unbranched alkanes of at least 4 members (excludes halogenated alkanes) is 18. The topological polar surface area (TPSA) is 102 Å². The Labute approximate surface area is 325 Å². The van der Waals surface area contributed by atoms with Crippen molar-refractivity contribution in [2.75, 3.05) is 41.0 Å². The molecule has 0 spiro atoms. The van der Waals surface area contributed by atoms with Gasteiger partial charge < -0.3 is 28.6 Å². The first-order chi connectivity index (χ1) is 25.6. The fourth-order valence-corrected chi connectivity index (χ4v) is 6.12. The molecule has 0 aromatic carbocycles. The molecule has 0 radical (unpaired) electrons.